The highest BCUT2D eigenvalue weighted by Gasteiger charge is 2.07. The maximum absolute atomic E-state index is 5.90. The molecule has 1 aromatic carbocycles. The molecule has 0 aliphatic carbocycles. The molecule has 0 saturated heterocycles. The molecule has 1 aromatic rings. The van der Waals surface area contributed by atoms with Gasteiger partial charge in [-0.15, -0.1) is 0 Å². The van der Waals surface area contributed by atoms with E-state index in [1.807, 2.05) is 12.1 Å². The molecule has 0 heterocycles. The minimum absolute atomic E-state index is 0.238. The normalized spacial score (nSPS) is 12.4. The first-order chi connectivity index (χ1) is 7.76. The zero-order valence-electron chi connectivity index (χ0n) is 10.1. The van der Waals surface area contributed by atoms with Gasteiger partial charge in [0.15, 0.2) is 0 Å². The number of hydrogen-bond acceptors (Lipinski definition) is 3. The number of hydrogen-bond donors (Lipinski definition) is 2. The fourth-order valence-electron chi connectivity index (χ4n) is 1.49. The van der Waals surface area contributed by atoms with Gasteiger partial charge in [-0.3, -0.25) is 0 Å². The van der Waals surface area contributed by atoms with Crippen molar-refractivity contribution in [1.29, 1.82) is 0 Å². The average Bonchev–Trinajstić information content (AvgIpc) is 2.28. The van der Waals surface area contributed by atoms with Crippen LogP contribution in [0.2, 0.25) is 0 Å². The van der Waals surface area contributed by atoms with Crippen molar-refractivity contribution < 1.29 is 4.74 Å². The van der Waals surface area contributed by atoms with E-state index in [2.05, 4.69) is 43.9 Å². The van der Waals surface area contributed by atoms with Crippen LogP contribution in [0.15, 0.2) is 24.3 Å². The molecule has 0 unspecified atom stereocenters. The SMILES string of the molecule is CC[C@@H](CNCCS)Oc1cccc(C)c1. The molecule has 1 N–H and O–H groups in total. The number of benzene rings is 1. The molecule has 0 radical (unpaired) electrons. The Morgan fingerprint density at radius 3 is 2.88 bits per heavy atom. The molecular formula is C13H21NOS. The van der Waals surface area contributed by atoms with E-state index in [9.17, 15) is 0 Å². The van der Waals surface area contributed by atoms with E-state index in [-0.39, 0.29) is 6.10 Å². The van der Waals surface area contributed by atoms with Crippen LogP contribution in [0.25, 0.3) is 0 Å². The molecular weight excluding hydrogens is 218 g/mol. The highest BCUT2D eigenvalue weighted by Crippen LogP contribution is 2.14. The molecule has 0 amide bonds. The lowest BCUT2D eigenvalue weighted by Gasteiger charge is -2.18. The van der Waals surface area contributed by atoms with Crippen molar-refractivity contribution in [2.45, 2.75) is 26.4 Å². The van der Waals surface area contributed by atoms with E-state index in [1.165, 1.54) is 5.56 Å². The van der Waals surface area contributed by atoms with Gasteiger partial charge in [-0.2, -0.15) is 12.6 Å². The lowest BCUT2D eigenvalue weighted by Crippen LogP contribution is -2.32. The summed E-state index contributed by atoms with van der Waals surface area (Å²) in [5, 5.41) is 3.32. The summed E-state index contributed by atoms with van der Waals surface area (Å²) in [4.78, 5) is 0. The molecule has 1 rings (SSSR count). The first-order valence-electron chi connectivity index (χ1n) is 5.81. The lowest BCUT2D eigenvalue weighted by atomic mass is 10.2. The predicted molar refractivity (Wildman–Crippen MR) is 72.6 cm³/mol. The summed E-state index contributed by atoms with van der Waals surface area (Å²) in [6.07, 6.45) is 1.25. The quantitative estimate of drug-likeness (QED) is 0.564. The molecule has 0 fully saturated rings. The summed E-state index contributed by atoms with van der Waals surface area (Å²) in [5.41, 5.74) is 1.23. The minimum Gasteiger partial charge on any atom is -0.489 e. The van der Waals surface area contributed by atoms with Crippen molar-refractivity contribution in [1.82, 2.24) is 5.32 Å². The Hall–Kier alpha value is -0.670. The van der Waals surface area contributed by atoms with Crippen molar-refractivity contribution in [3.05, 3.63) is 29.8 Å². The average molecular weight is 239 g/mol. The van der Waals surface area contributed by atoms with Crippen molar-refractivity contribution in [3.8, 4) is 5.75 Å². The molecule has 0 bridgehead atoms. The van der Waals surface area contributed by atoms with E-state index < -0.39 is 0 Å². The monoisotopic (exact) mass is 239 g/mol. The summed E-state index contributed by atoms with van der Waals surface area (Å²) in [7, 11) is 0. The summed E-state index contributed by atoms with van der Waals surface area (Å²) in [5.74, 6) is 1.82. The second-order valence-electron chi connectivity index (χ2n) is 3.89. The van der Waals surface area contributed by atoms with E-state index in [4.69, 9.17) is 4.74 Å². The summed E-state index contributed by atoms with van der Waals surface area (Å²) < 4.78 is 5.90. The van der Waals surface area contributed by atoms with Gasteiger partial charge >= 0.3 is 0 Å². The van der Waals surface area contributed by atoms with Crippen LogP contribution in [0.4, 0.5) is 0 Å². The molecule has 1 atom stereocenters. The van der Waals surface area contributed by atoms with Crippen LogP contribution >= 0.6 is 12.6 Å². The second-order valence-corrected chi connectivity index (χ2v) is 4.34. The summed E-state index contributed by atoms with van der Waals surface area (Å²) in [6.45, 7) is 6.03. The van der Waals surface area contributed by atoms with Gasteiger partial charge in [-0.1, -0.05) is 19.1 Å². The Bertz CT molecular complexity index is 304. The third kappa shape index (κ3) is 4.90. The van der Waals surface area contributed by atoms with Crippen LogP contribution in [-0.4, -0.2) is 24.9 Å². The van der Waals surface area contributed by atoms with Gasteiger partial charge in [0, 0.05) is 18.8 Å². The maximum Gasteiger partial charge on any atom is 0.120 e. The van der Waals surface area contributed by atoms with Crippen molar-refractivity contribution >= 4 is 12.6 Å². The van der Waals surface area contributed by atoms with Gasteiger partial charge in [0.2, 0.25) is 0 Å². The number of aryl methyl sites for hydroxylation is 1. The molecule has 0 aromatic heterocycles. The summed E-state index contributed by atoms with van der Waals surface area (Å²) >= 11 is 4.16. The van der Waals surface area contributed by atoms with Crippen LogP contribution in [-0.2, 0) is 0 Å². The standard InChI is InChI=1S/C13H21NOS/c1-3-12(10-14-7-8-16)15-13-6-4-5-11(2)9-13/h4-6,9,12,14,16H,3,7-8,10H2,1-2H3/t12-/m0/s1. The topological polar surface area (TPSA) is 21.3 Å². The van der Waals surface area contributed by atoms with Crippen LogP contribution in [0.5, 0.6) is 5.75 Å². The molecule has 16 heavy (non-hydrogen) atoms. The predicted octanol–water partition coefficient (Wildman–Crippen LogP) is 2.67. The van der Waals surface area contributed by atoms with Crippen LogP contribution in [0.3, 0.4) is 0 Å². The van der Waals surface area contributed by atoms with E-state index in [1.54, 1.807) is 0 Å². The lowest BCUT2D eigenvalue weighted by molar-refractivity contribution is 0.194. The van der Waals surface area contributed by atoms with Crippen molar-refractivity contribution in [2.24, 2.45) is 0 Å². The van der Waals surface area contributed by atoms with Gasteiger partial charge in [0.1, 0.15) is 11.9 Å². The number of thiol groups is 1. The maximum atomic E-state index is 5.90. The van der Waals surface area contributed by atoms with Gasteiger partial charge < -0.3 is 10.1 Å². The van der Waals surface area contributed by atoms with Crippen LogP contribution in [0, 0.1) is 6.92 Å². The van der Waals surface area contributed by atoms with Crippen LogP contribution < -0.4 is 10.1 Å². The molecule has 0 saturated carbocycles. The van der Waals surface area contributed by atoms with Gasteiger partial charge in [0.25, 0.3) is 0 Å². The van der Waals surface area contributed by atoms with Crippen molar-refractivity contribution in [2.75, 3.05) is 18.8 Å². The molecule has 0 spiro atoms. The molecule has 2 nitrogen and oxygen atoms in total. The molecule has 0 aliphatic heterocycles. The largest absolute Gasteiger partial charge is 0.489 e. The van der Waals surface area contributed by atoms with Crippen molar-refractivity contribution in [3.63, 3.8) is 0 Å². The Labute approximate surface area is 104 Å². The van der Waals surface area contributed by atoms with E-state index >= 15 is 0 Å². The van der Waals surface area contributed by atoms with Crippen LogP contribution in [0.1, 0.15) is 18.9 Å². The van der Waals surface area contributed by atoms with E-state index in [0.29, 0.717) is 0 Å². The number of ether oxygens (including phenoxy) is 1. The Morgan fingerprint density at radius 2 is 2.25 bits per heavy atom. The van der Waals surface area contributed by atoms with E-state index in [0.717, 1.165) is 31.0 Å². The zero-order valence-corrected chi connectivity index (χ0v) is 11.0. The first kappa shape index (κ1) is 13.4. The zero-order chi connectivity index (χ0) is 11.8. The number of nitrogens with one attached hydrogen (secondary N) is 1. The third-order valence-corrected chi connectivity index (χ3v) is 2.63. The molecule has 0 aliphatic rings. The first-order valence-corrected chi connectivity index (χ1v) is 6.44. The smallest absolute Gasteiger partial charge is 0.120 e. The third-order valence-electron chi connectivity index (χ3n) is 2.41. The van der Waals surface area contributed by atoms with Gasteiger partial charge in [-0.25, -0.2) is 0 Å². The highest BCUT2D eigenvalue weighted by molar-refractivity contribution is 7.80. The molecule has 3 heteroatoms. The van der Waals surface area contributed by atoms with Gasteiger partial charge in [-0.05, 0) is 31.0 Å². The Balaban J connectivity index is 2.43. The highest BCUT2D eigenvalue weighted by atomic mass is 32.1. The second kappa shape index (κ2) is 7.58. The van der Waals surface area contributed by atoms with Gasteiger partial charge in [0.05, 0.1) is 0 Å². The number of rotatable bonds is 7. The molecule has 90 valence electrons. The minimum atomic E-state index is 0.238. The Morgan fingerprint density at radius 1 is 1.44 bits per heavy atom. The summed E-state index contributed by atoms with van der Waals surface area (Å²) in [6, 6.07) is 8.18. The Kier molecular flexibility index (Phi) is 6.34. The fraction of sp³-hybridized carbons (Fsp3) is 0.538. The fourth-order valence-corrected chi connectivity index (χ4v) is 1.65.